The van der Waals surface area contributed by atoms with Gasteiger partial charge in [-0.3, -0.25) is 4.98 Å². The van der Waals surface area contributed by atoms with Gasteiger partial charge in [0.25, 0.3) is 0 Å². The molecule has 0 spiro atoms. The molecule has 1 saturated carbocycles. The highest BCUT2D eigenvalue weighted by molar-refractivity contribution is 7.71. The van der Waals surface area contributed by atoms with E-state index in [1.54, 1.807) is 0 Å². The standard InChI is InChI=1S/C9H12N2S/c1-5-6(2)11-9(12)8(10-5)7-3-4-7/h7H,3-4H2,1-2H3,(H,11,12). The van der Waals surface area contributed by atoms with Crippen LogP contribution in [0.25, 0.3) is 0 Å². The summed E-state index contributed by atoms with van der Waals surface area (Å²) in [6, 6.07) is 0. The van der Waals surface area contributed by atoms with E-state index in [1.165, 1.54) is 12.8 Å². The molecular weight excluding hydrogens is 168 g/mol. The largest absolute Gasteiger partial charge is 0.347 e. The first-order valence-corrected chi connectivity index (χ1v) is 4.66. The van der Waals surface area contributed by atoms with Crippen LogP contribution < -0.4 is 0 Å². The van der Waals surface area contributed by atoms with Crippen molar-refractivity contribution in [3.05, 3.63) is 21.7 Å². The van der Waals surface area contributed by atoms with Crippen LogP contribution in [0, 0.1) is 18.5 Å². The maximum atomic E-state index is 5.20. The molecule has 1 fully saturated rings. The summed E-state index contributed by atoms with van der Waals surface area (Å²) >= 11 is 5.20. The number of rotatable bonds is 1. The Hall–Kier alpha value is -0.700. The lowest BCUT2D eigenvalue weighted by Gasteiger charge is -2.03. The van der Waals surface area contributed by atoms with E-state index >= 15 is 0 Å². The molecule has 0 bridgehead atoms. The molecule has 0 radical (unpaired) electrons. The maximum absolute atomic E-state index is 5.20. The van der Waals surface area contributed by atoms with Crippen LogP contribution in [0.15, 0.2) is 0 Å². The Bertz CT molecular complexity index is 363. The first-order valence-electron chi connectivity index (χ1n) is 4.26. The Labute approximate surface area is 77.0 Å². The monoisotopic (exact) mass is 180 g/mol. The highest BCUT2D eigenvalue weighted by Gasteiger charge is 2.26. The van der Waals surface area contributed by atoms with Gasteiger partial charge < -0.3 is 4.98 Å². The summed E-state index contributed by atoms with van der Waals surface area (Å²) in [7, 11) is 0. The minimum atomic E-state index is 0.646. The molecule has 1 heterocycles. The summed E-state index contributed by atoms with van der Waals surface area (Å²) < 4.78 is 0.834. The van der Waals surface area contributed by atoms with Gasteiger partial charge in [-0.1, -0.05) is 12.2 Å². The second-order valence-corrected chi connectivity index (χ2v) is 3.84. The fourth-order valence-electron chi connectivity index (χ4n) is 1.27. The van der Waals surface area contributed by atoms with Crippen LogP contribution in [-0.2, 0) is 0 Å². The molecule has 1 aromatic rings. The van der Waals surface area contributed by atoms with Crippen molar-refractivity contribution in [3.63, 3.8) is 0 Å². The third-order valence-corrected chi connectivity index (χ3v) is 2.64. The van der Waals surface area contributed by atoms with E-state index < -0.39 is 0 Å². The zero-order valence-electron chi connectivity index (χ0n) is 7.35. The zero-order valence-corrected chi connectivity index (χ0v) is 8.16. The minimum Gasteiger partial charge on any atom is -0.347 e. The molecule has 0 aromatic carbocycles. The molecule has 64 valence electrons. The molecule has 3 heteroatoms. The van der Waals surface area contributed by atoms with E-state index in [9.17, 15) is 0 Å². The molecule has 0 unspecified atom stereocenters. The van der Waals surface area contributed by atoms with Crippen molar-refractivity contribution in [1.82, 2.24) is 9.97 Å². The molecule has 0 atom stereocenters. The number of nitrogens with one attached hydrogen (secondary N) is 1. The highest BCUT2D eigenvalue weighted by Crippen LogP contribution is 2.39. The van der Waals surface area contributed by atoms with Gasteiger partial charge in [0.15, 0.2) is 0 Å². The van der Waals surface area contributed by atoms with E-state index in [4.69, 9.17) is 12.2 Å². The second kappa shape index (κ2) is 2.66. The summed E-state index contributed by atoms with van der Waals surface area (Å²) in [6.45, 7) is 4.03. The predicted molar refractivity (Wildman–Crippen MR) is 50.9 cm³/mol. The number of hydrogen-bond acceptors (Lipinski definition) is 2. The van der Waals surface area contributed by atoms with E-state index in [1.807, 2.05) is 13.8 Å². The minimum absolute atomic E-state index is 0.646. The number of aryl methyl sites for hydroxylation is 2. The van der Waals surface area contributed by atoms with Gasteiger partial charge in [0, 0.05) is 11.6 Å². The molecule has 0 amide bonds. The zero-order chi connectivity index (χ0) is 8.72. The predicted octanol–water partition coefficient (Wildman–Crippen LogP) is 2.63. The SMILES string of the molecule is Cc1nc(C2CC2)c(=S)[nH]c1C. The van der Waals surface area contributed by atoms with Crippen LogP contribution >= 0.6 is 12.2 Å². The van der Waals surface area contributed by atoms with Crippen molar-refractivity contribution < 1.29 is 0 Å². The van der Waals surface area contributed by atoms with Crippen LogP contribution in [0.1, 0.15) is 35.8 Å². The Morgan fingerprint density at radius 3 is 2.67 bits per heavy atom. The third-order valence-electron chi connectivity index (χ3n) is 2.33. The quantitative estimate of drug-likeness (QED) is 0.673. The van der Waals surface area contributed by atoms with Crippen molar-refractivity contribution in [2.75, 3.05) is 0 Å². The number of nitrogens with zero attached hydrogens (tertiary/aromatic N) is 1. The number of aromatic nitrogens is 2. The van der Waals surface area contributed by atoms with Gasteiger partial charge in [-0.05, 0) is 26.7 Å². The summed E-state index contributed by atoms with van der Waals surface area (Å²) in [5, 5.41) is 0. The first-order chi connectivity index (χ1) is 5.68. The van der Waals surface area contributed by atoms with Gasteiger partial charge in [0.2, 0.25) is 0 Å². The van der Waals surface area contributed by atoms with E-state index in [0.29, 0.717) is 5.92 Å². The Morgan fingerprint density at radius 2 is 2.08 bits per heavy atom. The summed E-state index contributed by atoms with van der Waals surface area (Å²) in [5.74, 6) is 0.646. The molecule has 0 aliphatic heterocycles. The molecule has 1 N–H and O–H groups in total. The van der Waals surface area contributed by atoms with Gasteiger partial charge in [-0.25, -0.2) is 0 Å². The topological polar surface area (TPSA) is 28.7 Å². The maximum Gasteiger partial charge on any atom is 0.125 e. The van der Waals surface area contributed by atoms with Crippen molar-refractivity contribution in [3.8, 4) is 0 Å². The molecule has 1 aromatic heterocycles. The fourth-order valence-corrected chi connectivity index (χ4v) is 1.64. The lowest BCUT2D eigenvalue weighted by Crippen LogP contribution is -1.97. The van der Waals surface area contributed by atoms with Gasteiger partial charge in [0.1, 0.15) is 4.64 Å². The molecule has 0 saturated heterocycles. The second-order valence-electron chi connectivity index (χ2n) is 3.44. The Morgan fingerprint density at radius 1 is 1.42 bits per heavy atom. The van der Waals surface area contributed by atoms with Crippen LogP contribution in [0.5, 0.6) is 0 Å². The van der Waals surface area contributed by atoms with Crippen molar-refractivity contribution in [2.45, 2.75) is 32.6 Å². The molecule has 2 nitrogen and oxygen atoms in total. The molecular formula is C9H12N2S. The summed E-state index contributed by atoms with van der Waals surface area (Å²) in [5.41, 5.74) is 3.27. The summed E-state index contributed by atoms with van der Waals surface area (Å²) in [4.78, 5) is 7.68. The van der Waals surface area contributed by atoms with E-state index in [-0.39, 0.29) is 0 Å². The Balaban J connectivity index is 2.55. The Kier molecular flexibility index (Phi) is 1.76. The number of aromatic amines is 1. The molecule has 1 aliphatic rings. The fraction of sp³-hybridized carbons (Fsp3) is 0.556. The third kappa shape index (κ3) is 1.29. The highest BCUT2D eigenvalue weighted by atomic mass is 32.1. The van der Waals surface area contributed by atoms with E-state index in [2.05, 4.69) is 9.97 Å². The van der Waals surface area contributed by atoms with Crippen LogP contribution in [0.3, 0.4) is 0 Å². The lowest BCUT2D eigenvalue weighted by atomic mass is 10.3. The van der Waals surface area contributed by atoms with Gasteiger partial charge in [-0.15, -0.1) is 0 Å². The van der Waals surface area contributed by atoms with Gasteiger partial charge >= 0.3 is 0 Å². The smallest absolute Gasteiger partial charge is 0.125 e. The number of hydrogen-bond donors (Lipinski definition) is 1. The average molecular weight is 180 g/mol. The summed E-state index contributed by atoms with van der Waals surface area (Å²) in [6.07, 6.45) is 2.51. The lowest BCUT2D eigenvalue weighted by molar-refractivity contribution is 0.920. The number of H-pyrrole nitrogens is 1. The van der Waals surface area contributed by atoms with E-state index in [0.717, 1.165) is 21.7 Å². The van der Waals surface area contributed by atoms with Crippen molar-refractivity contribution in [2.24, 2.45) is 0 Å². The van der Waals surface area contributed by atoms with Crippen LogP contribution in [-0.4, -0.2) is 9.97 Å². The van der Waals surface area contributed by atoms with Gasteiger partial charge in [-0.2, -0.15) is 0 Å². The molecule has 12 heavy (non-hydrogen) atoms. The molecule has 1 aliphatic carbocycles. The van der Waals surface area contributed by atoms with Crippen molar-refractivity contribution >= 4 is 12.2 Å². The van der Waals surface area contributed by atoms with Crippen molar-refractivity contribution in [1.29, 1.82) is 0 Å². The molecule has 2 rings (SSSR count). The normalized spacial score (nSPS) is 16.5. The van der Waals surface area contributed by atoms with Crippen LogP contribution in [0.4, 0.5) is 0 Å². The average Bonchev–Trinajstić information content (AvgIpc) is 2.79. The first kappa shape index (κ1) is 7.92. The van der Waals surface area contributed by atoms with Crippen LogP contribution in [0.2, 0.25) is 0 Å². The van der Waals surface area contributed by atoms with Gasteiger partial charge in [0.05, 0.1) is 11.4 Å².